The Labute approximate surface area is 61.9 Å². The Morgan fingerprint density at radius 2 is 2.40 bits per heavy atom. The lowest BCUT2D eigenvalue weighted by Gasteiger charge is -2.04. The van der Waals surface area contributed by atoms with Gasteiger partial charge in [-0.05, 0) is 0 Å². The molecular weight excluding hydrogens is 155 g/mol. The lowest BCUT2D eigenvalue weighted by atomic mass is 10.3. The van der Waals surface area contributed by atoms with Gasteiger partial charge in [-0.3, -0.25) is 0 Å². The van der Waals surface area contributed by atoms with E-state index in [0.29, 0.717) is 0 Å². The van der Waals surface area contributed by atoms with E-state index < -0.39 is 12.1 Å². The summed E-state index contributed by atoms with van der Waals surface area (Å²) in [6, 6.07) is 0. The smallest absolute Gasteiger partial charge is 0.184 e. The van der Waals surface area contributed by atoms with Gasteiger partial charge in [0, 0.05) is 17.9 Å². The van der Waals surface area contributed by atoms with Crippen molar-refractivity contribution in [3.8, 4) is 0 Å². The molecule has 1 N–H and O–H groups in total. The van der Waals surface area contributed by atoms with Crippen LogP contribution in [0.5, 0.6) is 0 Å². The van der Waals surface area contributed by atoms with Gasteiger partial charge in [-0.15, -0.1) is 11.3 Å². The van der Waals surface area contributed by atoms with Gasteiger partial charge in [0.2, 0.25) is 0 Å². The maximum Gasteiger partial charge on any atom is 0.184 e. The SMILES string of the molecule is COC(O)c1cscc1F. The standard InChI is InChI=1S/C6H7FO2S/c1-9-6(8)4-2-10-3-5(4)7/h2-3,6,8H,1H3. The quantitative estimate of drug-likeness (QED) is 0.668. The van der Waals surface area contributed by atoms with Crippen molar-refractivity contribution in [2.24, 2.45) is 0 Å². The van der Waals surface area contributed by atoms with E-state index >= 15 is 0 Å². The minimum absolute atomic E-state index is 0.201. The first kappa shape index (κ1) is 7.65. The number of aliphatic hydroxyl groups is 1. The maximum atomic E-state index is 12.6. The van der Waals surface area contributed by atoms with Crippen LogP contribution >= 0.6 is 11.3 Å². The largest absolute Gasteiger partial charge is 0.364 e. The zero-order valence-corrected chi connectivity index (χ0v) is 6.19. The summed E-state index contributed by atoms with van der Waals surface area (Å²) in [4.78, 5) is 0. The molecule has 1 aromatic heterocycles. The zero-order valence-electron chi connectivity index (χ0n) is 5.37. The number of rotatable bonds is 2. The molecule has 4 heteroatoms. The Balaban J connectivity index is 2.82. The lowest BCUT2D eigenvalue weighted by Crippen LogP contribution is -1.99. The lowest BCUT2D eigenvalue weighted by molar-refractivity contribution is -0.0786. The van der Waals surface area contributed by atoms with Gasteiger partial charge in [-0.2, -0.15) is 0 Å². The Morgan fingerprint density at radius 3 is 2.80 bits per heavy atom. The Kier molecular flexibility index (Phi) is 2.37. The summed E-state index contributed by atoms with van der Waals surface area (Å²) < 4.78 is 17.1. The number of thiophene rings is 1. The van der Waals surface area contributed by atoms with Crippen LogP contribution in [0, 0.1) is 5.82 Å². The van der Waals surface area contributed by atoms with E-state index in [9.17, 15) is 4.39 Å². The van der Waals surface area contributed by atoms with Crippen molar-refractivity contribution >= 4 is 11.3 Å². The third kappa shape index (κ3) is 1.34. The number of hydrogen-bond acceptors (Lipinski definition) is 3. The predicted octanol–water partition coefficient (Wildman–Crippen LogP) is 1.52. The molecule has 2 nitrogen and oxygen atoms in total. The molecule has 0 aliphatic carbocycles. The van der Waals surface area contributed by atoms with Crippen molar-refractivity contribution in [1.29, 1.82) is 0 Å². The first-order valence-electron chi connectivity index (χ1n) is 2.68. The highest BCUT2D eigenvalue weighted by Crippen LogP contribution is 2.20. The molecule has 56 valence electrons. The van der Waals surface area contributed by atoms with Gasteiger partial charge < -0.3 is 9.84 Å². The molecule has 0 aliphatic heterocycles. The predicted molar refractivity (Wildman–Crippen MR) is 36.2 cm³/mol. The van der Waals surface area contributed by atoms with Crippen molar-refractivity contribution in [1.82, 2.24) is 0 Å². The van der Waals surface area contributed by atoms with E-state index in [-0.39, 0.29) is 5.56 Å². The highest BCUT2D eigenvalue weighted by Gasteiger charge is 2.11. The van der Waals surface area contributed by atoms with Crippen molar-refractivity contribution in [2.75, 3.05) is 7.11 Å². The topological polar surface area (TPSA) is 29.5 Å². The fraction of sp³-hybridized carbons (Fsp3) is 0.333. The van der Waals surface area contributed by atoms with Crippen LogP contribution in [0.3, 0.4) is 0 Å². The number of halogens is 1. The van der Waals surface area contributed by atoms with Crippen molar-refractivity contribution < 1.29 is 14.2 Å². The summed E-state index contributed by atoms with van der Waals surface area (Å²) in [5, 5.41) is 11.8. The molecule has 0 aliphatic rings. The molecule has 1 aromatic rings. The second-order valence-electron chi connectivity index (χ2n) is 1.76. The summed E-state index contributed by atoms with van der Waals surface area (Å²) in [5.41, 5.74) is 0.201. The number of ether oxygens (including phenoxy) is 1. The molecule has 1 rings (SSSR count). The summed E-state index contributed by atoms with van der Waals surface area (Å²) in [6.07, 6.45) is -1.13. The van der Waals surface area contributed by atoms with Crippen molar-refractivity contribution in [3.05, 3.63) is 22.1 Å². The van der Waals surface area contributed by atoms with Crippen LogP contribution in [0.1, 0.15) is 11.9 Å². The average Bonchev–Trinajstić information content (AvgIpc) is 2.34. The van der Waals surface area contributed by atoms with Gasteiger partial charge in [0.05, 0.1) is 5.56 Å². The van der Waals surface area contributed by atoms with E-state index in [2.05, 4.69) is 4.74 Å². The van der Waals surface area contributed by atoms with Gasteiger partial charge >= 0.3 is 0 Å². The zero-order chi connectivity index (χ0) is 7.56. The minimum Gasteiger partial charge on any atom is -0.364 e. The second-order valence-corrected chi connectivity index (χ2v) is 2.51. The molecule has 1 unspecified atom stereocenters. The van der Waals surface area contributed by atoms with Gasteiger partial charge in [0.1, 0.15) is 5.82 Å². The monoisotopic (exact) mass is 162 g/mol. The second kappa shape index (κ2) is 3.09. The van der Waals surface area contributed by atoms with Crippen LogP contribution in [0.4, 0.5) is 4.39 Å². The number of aliphatic hydroxyl groups excluding tert-OH is 1. The Morgan fingerprint density at radius 1 is 1.70 bits per heavy atom. The maximum absolute atomic E-state index is 12.6. The minimum atomic E-state index is -1.13. The van der Waals surface area contributed by atoms with Crippen molar-refractivity contribution in [3.63, 3.8) is 0 Å². The van der Waals surface area contributed by atoms with Crippen LogP contribution < -0.4 is 0 Å². The normalized spacial score (nSPS) is 13.5. The number of hydrogen-bond donors (Lipinski definition) is 1. The van der Waals surface area contributed by atoms with Crippen LogP contribution in [0.15, 0.2) is 10.8 Å². The molecule has 0 spiro atoms. The molecule has 0 saturated carbocycles. The summed E-state index contributed by atoms with van der Waals surface area (Å²) >= 11 is 1.19. The summed E-state index contributed by atoms with van der Waals surface area (Å²) in [5.74, 6) is -0.417. The third-order valence-corrected chi connectivity index (χ3v) is 1.86. The molecule has 0 radical (unpaired) electrons. The Bertz CT molecular complexity index is 211. The van der Waals surface area contributed by atoms with Crippen LogP contribution in [0.2, 0.25) is 0 Å². The molecule has 1 heterocycles. The van der Waals surface area contributed by atoms with Crippen LogP contribution in [-0.4, -0.2) is 12.2 Å². The molecular formula is C6H7FO2S. The van der Waals surface area contributed by atoms with Crippen molar-refractivity contribution in [2.45, 2.75) is 6.29 Å². The van der Waals surface area contributed by atoms with Crippen LogP contribution in [0.25, 0.3) is 0 Å². The molecule has 0 amide bonds. The molecule has 0 aromatic carbocycles. The summed E-state index contributed by atoms with van der Waals surface area (Å²) in [6.45, 7) is 0. The van der Waals surface area contributed by atoms with Gasteiger partial charge in [0.15, 0.2) is 6.29 Å². The molecule has 0 bridgehead atoms. The fourth-order valence-corrected chi connectivity index (χ4v) is 1.29. The molecule has 0 saturated heterocycles. The molecule has 1 atom stereocenters. The molecule has 0 fully saturated rings. The highest BCUT2D eigenvalue weighted by molar-refractivity contribution is 7.08. The highest BCUT2D eigenvalue weighted by atomic mass is 32.1. The van der Waals surface area contributed by atoms with E-state index in [1.165, 1.54) is 29.2 Å². The van der Waals surface area contributed by atoms with Crippen LogP contribution in [-0.2, 0) is 4.74 Å². The van der Waals surface area contributed by atoms with E-state index in [1.54, 1.807) is 0 Å². The third-order valence-electron chi connectivity index (χ3n) is 1.13. The Hall–Kier alpha value is -0.450. The first-order valence-corrected chi connectivity index (χ1v) is 3.62. The fourth-order valence-electron chi connectivity index (χ4n) is 0.595. The summed E-state index contributed by atoms with van der Waals surface area (Å²) in [7, 11) is 1.32. The first-order chi connectivity index (χ1) is 4.75. The average molecular weight is 162 g/mol. The van der Waals surface area contributed by atoms with Gasteiger partial charge in [0.25, 0.3) is 0 Å². The van der Waals surface area contributed by atoms with Gasteiger partial charge in [-0.1, -0.05) is 0 Å². The van der Waals surface area contributed by atoms with Gasteiger partial charge in [-0.25, -0.2) is 4.39 Å². The van der Waals surface area contributed by atoms with E-state index in [4.69, 9.17) is 5.11 Å². The van der Waals surface area contributed by atoms with E-state index in [1.807, 2.05) is 0 Å². The number of methoxy groups -OCH3 is 1. The van der Waals surface area contributed by atoms with E-state index in [0.717, 1.165) is 0 Å². The molecule has 10 heavy (non-hydrogen) atoms.